The molecule has 3 rings (SSSR count). The fourth-order valence-electron chi connectivity index (χ4n) is 2.39. The Bertz CT molecular complexity index is 589. The van der Waals surface area contributed by atoms with Crippen LogP contribution in [0.2, 0.25) is 0 Å². The highest BCUT2D eigenvalue weighted by Gasteiger charge is 2.17. The van der Waals surface area contributed by atoms with Crippen molar-refractivity contribution in [3.63, 3.8) is 0 Å². The Morgan fingerprint density at radius 1 is 1.33 bits per heavy atom. The summed E-state index contributed by atoms with van der Waals surface area (Å²) < 4.78 is 1.86. The summed E-state index contributed by atoms with van der Waals surface area (Å²) in [6, 6.07) is 2.10. The fourth-order valence-corrected chi connectivity index (χ4v) is 2.54. The Morgan fingerprint density at radius 3 is 2.89 bits per heavy atom. The van der Waals surface area contributed by atoms with Gasteiger partial charge in [0.05, 0.1) is 5.56 Å². The van der Waals surface area contributed by atoms with Crippen molar-refractivity contribution in [1.82, 2.24) is 14.5 Å². The molecule has 0 saturated heterocycles. The van der Waals surface area contributed by atoms with E-state index in [9.17, 15) is 0 Å². The van der Waals surface area contributed by atoms with E-state index in [4.69, 9.17) is 22.9 Å². The molecule has 0 saturated carbocycles. The number of imidazole rings is 1. The molecule has 2 heterocycles. The van der Waals surface area contributed by atoms with Gasteiger partial charge in [0.15, 0.2) is 0 Å². The molecule has 5 heteroatoms. The summed E-state index contributed by atoms with van der Waals surface area (Å²) in [6.07, 6.45) is 9.84. The van der Waals surface area contributed by atoms with Gasteiger partial charge in [-0.2, -0.15) is 0 Å². The summed E-state index contributed by atoms with van der Waals surface area (Å²) in [6.45, 7) is 0. The number of hydrogen-bond acceptors (Lipinski definition) is 3. The van der Waals surface area contributed by atoms with Crippen molar-refractivity contribution in [2.24, 2.45) is 5.73 Å². The van der Waals surface area contributed by atoms with E-state index < -0.39 is 0 Å². The minimum absolute atomic E-state index is 0.388. The molecule has 2 aromatic rings. The van der Waals surface area contributed by atoms with Crippen LogP contribution in [0.4, 0.5) is 0 Å². The Labute approximate surface area is 111 Å². The molecule has 4 nitrogen and oxygen atoms in total. The molecule has 0 fully saturated rings. The van der Waals surface area contributed by atoms with Gasteiger partial charge in [0.2, 0.25) is 0 Å². The van der Waals surface area contributed by atoms with Crippen LogP contribution in [0.1, 0.15) is 29.7 Å². The number of rotatable bonds is 2. The lowest BCUT2D eigenvalue weighted by Crippen LogP contribution is -2.18. The van der Waals surface area contributed by atoms with Gasteiger partial charge in [-0.15, -0.1) is 0 Å². The van der Waals surface area contributed by atoms with E-state index in [0.717, 1.165) is 24.2 Å². The molecular formula is C13H14N4S. The molecule has 0 amide bonds. The van der Waals surface area contributed by atoms with E-state index in [2.05, 4.69) is 11.1 Å². The zero-order valence-corrected chi connectivity index (χ0v) is 10.8. The molecule has 0 spiro atoms. The summed E-state index contributed by atoms with van der Waals surface area (Å²) in [4.78, 5) is 9.17. The highest BCUT2D eigenvalue weighted by atomic mass is 32.1. The summed E-state index contributed by atoms with van der Waals surface area (Å²) in [5.41, 5.74) is 9.10. The first kappa shape index (κ1) is 11.3. The first-order chi connectivity index (χ1) is 8.75. The van der Waals surface area contributed by atoms with Crippen LogP contribution in [-0.4, -0.2) is 19.5 Å². The van der Waals surface area contributed by atoms with Crippen LogP contribution in [0.3, 0.4) is 0 Å². The van der Waals surface area contributed by atoms with Crippen molar-refractivity contribution in [1.29, 1.82) is 0 Å². The standard InChI is InChI=1S/C13H14N4S/c14-12(18)10-7-9-3-1-2-4-11(9)16-13(10)17-6-5-15-8-17/h5-8H,1-4H2,(H2,14,18). The molecule has 1 aliphatic carbocycles. The van der Waals surface area contributed by atoms with Crippen molar-refractivity contribution >= 4 is 17.2 Å². The second-order valence-electron chi connectivity index (χ2n) is 4.51. The van der Waals surface area contributed by atoms with Crippen LogP contribution in [-0.2, 0) is 12.8 Å². The van der Waals surface area contributed by atoms with E-state index in [-0.39, 0.29) is 0 Å². The number of nitrogens with zero attached hydrogens (tertiary/aromatic N) is 3. The topological polar surface area (TPSA) is 56.7 Å². The first-order valence-electron chi connectivity index (χ1n) is 6.06. The lowest BCUT2D eigenvalue weighted by molar-refractivity contribution is 0.664. The SMILES string of the molecule is NC(=S)c1cc2c(nc1-n1ccnc1)CCCC2. The third-order valence-electron chi connectivity index (χ3n) is 3.30. The Kier molecular flexibility index (Phi) is 2.83. The number of pyridine rings is 1. The number of thiocarbonyl (C=S) groups is 1. The van der Waals surface area contributed by atoms with Crippen molar-refractivity contribution in [3.05, 3.63) is 41.6 Å². The van der Waals surface area contributed by atoms with Gasteiger partial charge >= 0.3 is 0 Å². The average Bonchev–Trinajstić information content (AvgIpc) is 2.91. The Hall–Kier alpha value is -1.75. The van der Waals surface area contributed by atoms with Crippen molar-refractivity contribution in [3.8, 4) is 5.82 Å². The summed E-state index contributed by atoms with van der Waals surface area (Å²) in [7, 11) is 0. The first-order valence-corrected chi connectivity index (χ1v) is 6.47. The summed E-state index contributed by atoms with van der Waals surface area (Å²) in [5.74, 6) is 0.792. The molecule has 2 aromatic heterocycles. The largest absolute Gasteiger partial charge is 0.389 e. The highest BCUT2D eigenvalue weighted by molar-refractivity contribution is 7.80. The van der Waals surface area contributed by atoms with Crippen LogP contribution < -0.4 is 5.73 Å². The van der Waals surface area contributed by atoms with Gasteiger partial charge in [-0.1, -0.05) is 12.2 Å². The van der Waals surface area contributed by atoms with E-state index in [1.165, 1.54) is 24.1 Å². The second kappa shape index (κ2) is 4.49. The Morgan fingerprint density at radius 2 is 2.17 bits per heavy atom. The van der Waals surface area contributed by atoms with Gasteiger partial charge in [-0.05, 0) is 37.3 Å². The zero-order chi connectivity index (χ0) is 12.5. The zero-order valence-electron chi connectivity index (χ0n) is 9.97. The van der Waals surface area contributed by atoms with Crippen molar-refractivity contribution in [2.45, 2.75) is 25.7 Å². The monoisotopic (exact) mass is 258 g/mol. The normalized spacial score (nSPS) is 14.2. The van der Waals surface area contributed by atoms with Crippen LogP contribution in [0.15, 0.2) is 24.8 Å². The smallest absolute Gasteiger partial charge is 0.148 e. The third kappa shape index (κ3) is 1.90. The molecule has 0 atom stereocenters. The lowest BCUT2D eigenvalue weighted by Gasteiger charge is -2.18. The number of nitrogens with two attached hydrogens (primary N) is 1. The molecule has 1 aliphatic rings. The minimum atomic E-state index is 0.388. The predicted octanol–water partition coefficient (Wildman–Crippen LogP) is 1.78. The van der Waals surface area contributed by atoms with Gasteiger partial charge in [0.1, 0.15) is 17.1 Å². The molecule has 2 N–H and O–H groups in total. The molecule has 0 radical (unpaired) electrons. The molecule has 0 unspecified atom stereocenters. The summed E-state index contributed by atoms with van der Waals surface area (Å²) >= 11 is 5.13. The molecule has 92 valence electrons. The van der Waals surface area contributed by atoms with Crippen molar-refractivity contribution < 1.29 is 0 Å². The molecule has 0 aliphatic heterocycles. The van der Waals surface area contributed by atoms with Crippen LogP contribution in [0.25, 0.3) is 5.82 Å². The van der Waals surface area contributed by atoms with Gasteiger partial charge in [-0.25, -0.2) is 9.97 Å². The molecular weight excluding hydrogens is 244 g/mol. The number of hydrogen-bond donors (Lipinski definition) is 1. The average molecular weight is 258 g/mol. The number of fused-ring (bicyclic) bond motifs is 1. The maximum absolute atomic E-state index is 5.81. The molecule has 0 bridgehead atoms. The maximum atomic E-state index is 5.81. The van der Waals surface area contributed by atoms with Crippen molar-refractivity contribution in [2.75, 3.05) is 0 Å². The van der Waals surface area contributed by atoms with Crippen LogP contribution >= 0.6 is 12.2 Å². The number of aromatic nitrogens is 3. The van der Waals surface area contributed by atoms with E-state index in [1.807, 2.05) is 10.8 Å². The van der Waals surface area contributed by atoms with Gasteiger partial charge in [0, 0.05) is 18.1 Å². The van der Waals surface area contributed by atoms with Crippen LogP contribution in [0, 0.1) is 0 Å². The molecule has 0 aromatic carbocycles. The van der Waals surface area contributed by atoms with Crippen LogP contribution in [0.5, 0.6) is 0 Å². The molecule has 18 heavy (non-hydrogen) atoms. The maximum Gasteiger partial charge on any atom is 0.148 e. The minimum Gasteiger partial charge on any atom is -0.389 e. The second-order valence-corrected chi connectivity index (χ2v) is 4.95. The number of aryl methyl sites for hydroxylation is 2. The van der Waals surface area contributed by atoms with E-state index in [0.29, 0.717) is 4.99 Å². The highest BCUT2D eigenvalue weighted by Crippen LogP contribution is 2.24. The third-order valence-corrected chi connectivity index (χ3v) is 3.52. The predicted molar refractivity (Wildman–Crippen MR) is 73.9 cm³/mol. The van der Waals surface area contributed by atoms with E-state index >= 15 is 0 Å². The Balaban J connectivity index is 2.19. The van der Waals surface area contributed by atoms with Gasteiger partial charge in [0.25, 0.3) is 0 Å². The van der Waals surface area contributed by atoms with E-state index in [1.54, 1.807) is 12.5 Å². The lowest BCUT2D eigenvalue weighted by atomic mass is 9.94. The van der Waals surface area contributed by atoms with Gasteiger partial charge < -0.3 is 5.73 Å². The summed E-state index contributed by atoms with van der Waals surface area (Å²) in [5, 5.41) is 0. The quantitative estimate of drug-likeness (QED) is 0.834. The van der Waals surface area contributed by atoms with Gasteiger partial charge in [-0.3, -0.25) is 4.57 Å². The fraction of sp³-hybridized carbons (Fsp3) is 0.308.